The van der Waals surface area contributed by atoms with E-state index < -0.39 is 6.10 Å². The van der Waals surface area contributed by atoms with Gasteiger partial charge in [-0.25, -0.2) is 9.97 Å². The third-order valence-corrected chi connectivity index (χ3v) is 4.84. The van der Waals surface area contributed by atoms with E-state index in [1.54, 1.807) is 25.5 Å². The zero-order chi connectivity index (χ0) is 20.2. The van der Waals surface area contributed by atoms with Gasteiger partial charge in [0.1, 0.15) is 11.3 Å². The summed E-state index contributed by atoms with van der Waals surface area (Å²) >= 11 is 0. The molecular weight excluding hydrogens is 372 g/mol. The SMILES string of the molecule is CCCC(=O)OC(C)c1nccc(N2CCN(c3nc4ccncc4o3)CC2)n1. The maximum atomic E-state index is 11.7. The van der Waals surface area contributed by atoms with E-state index in [-0.39, 0.29) is 5.97 Å². The van der Waals surface area contributed by atoms with Crippen molar-refractivity contribution >= 4 is 28.9 Å². The van der Waals surface area contributed by atoms with Gasteiger partial charge in [0.15, 0.2) is 17.5 Å². The first kappa shape index (κ1) is 19.1. The molecule has 152 valence electrons. The molecule has 1 unspecified atom stereocenters. The molecule has 0 saturated carbocycles. The van der Waals surface area contributed by atoms with Crippen LogP contribution in [0.5, 0.6) is 0 Å². The number of aromatic nitrogens is 4. The summed E-state index contributed by atoms with van der Waals surface area (Å²) in [5, 5.41) is 0. The first-order valence-electron chi connectivity index (χ1n) is 9.87. The number of pyridine rings is 1. The van der Waals surface area contributed by atoms with Crippen LogP contribution >= 0.6 is 0 Å². The molecule has 0 N–H and O–H groups in total. The van der Waals surface area contributed by atoms with Gasteiger partial charge in [0.25, 0.3) is 6.01 Å². The highest BCUT2D eigenvalue weighted by Gasteiger charge is 2.23. The van der Waals surface area contributed by atoms with Gasteiger partial charge < -0.3 is 19.0 Å². The Kier molecular flexibility index (Phi) is 5.55. The van der Waals surface area contributed by atoms with Crippen molar-refractivity contribution in [3.8, 4) is 0 Å². The normalized spacial score (nSPS) is 15.5. The number of fused-ring (bicyclic) bond motifs is 1. The Labute approximate surface area is 168 Å². The summed E-state index contributed by atoms with van der Waals surface area (Å²) in [6.45, 7) is 6.82. The molecule has 0 aliphatic carbocycles. The smallest absolute Gasteiger partial charge is 0.306 e. The topological polar surface area (TPSA) is 97.5 Å². The highest BCUT2D eigenvalue weighted by molar-refractivity contribution is 5.73. The molecule has 0 bridgehead atoms. The summed E-state index contributed by atoms with van der Waals surface area (Å²) < 4.78 is 11.2. The molecule has 29 heavy (non-hydrogen) atoms. The maximum absolute atomic E-state index is 11.7. The van der Waals surface area contributed by atoms with E-state index in [2.05, 4.69) is 29.7 Å². The number of carbonyl (C=O) groups excluding carboxylic acids is 1. The number of hydrogen-bond donors (Lipinski definition) is 0. The predicted octanol–water partition coefficient (Wildman–Crippen LogP) is 2.74. The molecular formula is C20H24N6O3. The minimum atomic E-state index is -0.469. The number of rotatable bonds is 6. The number of ether oxygens (including phenoxy) is 1. The Hall–Kier alpha value is -3.23. The lowest BCUT2D eigenvalue weighted by Gasteiger charge is -2.34. The van der Waals surface area contributed by atoms with Gasteiger partial charge in [-0.3, -0.25) is 9.78 Å². The van der Waals surface area contributed by atoms with E-state index in [0.717, 1.165) is 43.9 Å². The largest absolute Gasteiger partial charge is 0.454 e. The van der Waals surface area contributed by atoms with E-state index in [4.69, 9.17) is 9.15 Å². The highest BCUT2D eigenvalue weighted by Crippen LogP contribution is 2.24. The van der Waals surface area contributed by atoms with Crippen molar-refractivity contribution < 1.29 is 13.9 Å². The molecule has 9 nitrogen and oxygen atoms in total. The van der Waals surface area contributed by atoms with Crippen molar-refractivity contribution in [1.82, 2.24) is 19.9 Å². The van der Waals surface area contributed by atoms with Crippen LogP contribution in [-0.4, -0.2) is 52.1 Å². The van der Waals surface area contributed by atoms with Crippen molar-refractivity contribution in [2.75, 3.05) is 36.0 Å². The summed E-state index contributed by atoms with van der Waals surface area (Å²) in [6, 6.07) is 4.34. The van der Waals surface area contributed by atoms with Crippen LogP contribution in [0, 0.1) is 0 Å². The Bertz CT molecular complexity index is 950. The van der Waals surface area contributed by atoms with Crippen LogP contribution in [0.25, 0.3) is 11.1 Å². The fourth-order valence-electron chi connectivity index (χ4n) is 3.28. The number of nitrogens with zero attached hydrogens (tertiary/aromatic N) is 6. The van der Waals surface area contributed by atoms with Crippen molar-refractivity contribution in [3.05, 3.63) is 36.5 Å². The van der Waals surface area contributed by atoms with E-state index in [0.29, 0.717) is 23.8 Å². The third-order valence-electron chi connectivity index (χ3n) is 4.84. The molecule has 1 fully saturated rings. The Morgan fingerprint density at radius 3 is 2.72 bits per heavy atom. The van der Waals surface area contributed by atoms with Gasteiger partial charge in [0, 0.05) is 45.0 Å². The van der Waals surface area contributed by atoms with Gasteiger partial charge in [-0.1, -0.05) is 6.92 Å². The zero-order valence-electron chi connectivity index (χ0n) is 16.6. The molecule has 4 heterocycles. The number of esters is 1. The number of anilines is 2. The lowest BCUT2D eigenvalue weighted by Crippen LogP contribution is -2.47. The minimum Gasteiger partial charge on any atom is -0.454 e. The van der Waals surface area contributed by atoms with Crippen molar-refractivity contribution in [1.29, 1.82) is 0 Å². The molecule has 0 aromatic carbocycles. The van der Waals surface area contributed by atoms with Crippen molar-refractivity contribution in [2.24, 2.45) is 0 Å². The predicted molar refractivity (Wildman–Crippen MR) is 108 cm³/mol. The molecule has 0 radical (unpaired) electrons. The standard InChI is InChI=1S/C20H24N6O3/c1-3-4-18(27)28-14(2)19-22-8-6-17(24-19)25-9-11-26(12-10-25)20-23-15-5-7-21-13-16(15)29-20/h5-8,13-14H,3-4,9-12H2,1-2H3. The van der Waals surface area contributed by atoms with Gasteiger partial charge >= 0.3 is 5.97 Å². The summed E-state index contributed by atoms with van der Waals surface area (Å²) in [5.74, 6) is 1.12. The Morgan fingerprint density at radius 2 is 1.97 bits per heavy atom. The maximum Gasteiger partial charge on any atom is 0.306 e. The first-order valence-corrected chi connectivity index (χ1v) is 9.87. The van der Waals surface area contributed by atoms with E-state index in [1.807, 2.05) is 19.1 Å². The van der Waals surface area contributed by atoms with Crippen LogP contribution in [0.1, 0.15) is 38.6 Å². The Morgan fingerprint density at radius 1 is 1.17 bits per heavy atom. The molecule has 1 saturated heterocycles. The highest BCUT2D eigenvalue weighted by atomic mass is 16.5. The van der Waals surface area contributed by atoms with Gasteiger partial charge in [-0.2, -0.15) is 4.98 Å². The molecule has 4 rings (SSSR count). The van der Waals surface area contributed by atoms with Crippen molar-refractivity contribution in [2.45, 2.75) is 32.8 Å². The number of piperazine rings is 1. The van der Waals surface area contributed by atoms with Crippen LogP contribution in [0.4, 0.5) is 11.8 Å². The lowest BCUT2D eigenvalue weighted by molar-refractivity contribution is -0.149. The molecule has 1 atom stereocenters. The fraction of sp³-hybridized carbons (Fsp3) is 0.450. The molecule has 3 aromatic heterocycles. The Balaban J connectivity index is 1.40. The first-order chi connectivity index (χ1) is 14.1. The molecule has 9 heteroatoms. The van der Waals surface area contributed by atoms with E-state index in [9.17, 15) is 4.79 Å². The summed E-state index contributed by atoms with van der Waals surface area (Å²) in [6.07, 6.45) is 5.79. The van der Waals surface area contributed by atoms with E-state index >= 15 is 0 Å². The second-order valence-electron chi connectivity index (χ2n) is 6.97. The number of oxazole rings is 1. The van der Waals surface area contributed by atoms with Crippen molar-refractivity contribution in [3.63, 3.8) is 0 Å². The van der Waals surface area contributed by atoms with Crippen LogP contribution in [0.2, 0.25) is 0 Å². The second-order valence-corrected chi connectivity index (χ2v) is 6.97. The quantitative estimate of drug-likeness (QED) is 0.582. The van der Waals surface area contributed by atoms with Crippen LogP contribution in [0.3, 0.4) is 0 Å². The van der Waals surface area contributed by atoms with Gasteiger partial charge in [-0.15, -0.1) is 0 Å². The van der Waals surface area contributed by atoms with Gasteiger partial charge in [0.2, 0.25) is 0 Å². The minimum absolute atomic E-state index is 0.226. The zero-order valence-corrected chi connectivity index (χ0v) is 16.6. The molecule has 0 spiro atoms. The molecule has 1 aliphatic heterocycles. The summed E-state index contributed by atoms with van der Waals surface area (Å²) in [5.41, 5.74) is 1.50. The number of carbonyl (C=O) groups is 1. The van der Waals surface area contributed by atoms with E-state index in [1.165, 1.54) is 0 Å². The van der Waals surface area contributed by atoms with Gasteiger partial charge in [0.05, 0.1) is 6.20 Å². The summed E-state index contributed by atoms with van der Waals surface area (Å²) in [4.78, 5) is 33.5. The fourth-order valence-corrected chi connectivity index (χ4v) is 3.28. The van der Waals surface area contributed by atoms with Crippen LogP contribution < -0.4 is 9.80 Å². The molecule has 1 aliphatic rings. The summed E-state index contributed by atoms with van der Waals surface area (Å²) in [7, 11) is 0. The average molecular weight is 396 g/mol. The molecule has 3 aromatic rings. The average Bonchev–Trinajstić information content (AvgIpc) is 3.18. The lowest BCUT2D eigenvalue weighted by atomic mass is 10.3. The second kappa shape index (κ2) is 8.42. The van der Waals surface area contributed by atoms with Gasteiger partial charge in [-0.05, 0) is 25.5 Å². The number of hydrogen-bond acceptors (Lipinski definition) is 9. The van der Waals surface area contributed by atoms with Crippen LogP contribution in [0.15, 0.2) is 35.1 Å². The monoisotopic (exact) mass is 396 g/mol. The van der Waals surface area contributed by atoms with Crippen LogP contribution in [-0.2, 0) is 9.53 Å². The third kappa shape index (κ3) is 4.28. The molecule has 0 amide bonds.